The van der Waals surface area contributed by atoms with E-state index in [0.29, 0.717) is 43.9 Å². The third kappa shape index (κ3) is 3.98. The summed E-state index contributed by atoms with van der Waals surface area (Å²) < 4.78 is 46.7. The molecule has 0 radical (unpaired) electrons. The number of fused-ring (bicyclic) bond motifs is 1. The molecule has 162 valence electrons. The van der Waals surface area contributed by atoms with Gasteiger partial charge in [0.2, 0.25) is 5.91 Å². The average molecular weight is 456 g/mol. The Labute approximate surface area is 179 Å². The van der Waals surface area contributed by atoms with Gasteiger partial charge in [-0.3, -0.25) is 9.48 Å². The SMILES string of the molecule is C[C@H]1Cn2ncc(S(=O)(=O)C3CCOCC3)c2CN1C(=O)Cc1ccc(F)c(Cl)c1. The molecule has 0 unspecified atom stereocenters. The fourth-order valence-corrected chi connectivity index (χ4v) is 6.11. The summed E-state index contributed by atoms with van der Waals surface area (Å²) in [5, 5.41) is 3.75. The van der Waals surface area contributed by atoms with E-state index >= 15 is 0 Å². The maximum absolute atomic E-state index is 13.4. The van der Waals surface area contributed by atoms with Crippen molar-refractivity contribution >= 4 is 27.3 Å². The van der Waals surface area contributed by atoms with E-state index in [-0.39, 0.29) is 34.8 Å². The first-order valence-corrected chi connectivity index (χ1v) is 11.8. The summed E-state index contributed by atoms with van der Waals surface area (Å²) in [6.45, 7) is 3.32. The Morgan fingerprint density at radius 2 is 2.07 bits per heavy atom. The molecule has 0 bridgehead atoms. The van der Waals surface area contributed by atoms with Crippen LogP contribution < -0.4 is 0 Å². The minimum Gasteiger partial charge on any atom is -0.381 e. The normalized spacial score (nSPS) is 20.2. The van der Waals surface area contributed by atoms with E-state index in [4.69, 9.17) is 16.3 Å². The second-order valence-corrected chi connectivity index (χ2v) is 10.4. The van der Waals surface area contributed by atoms with Crippen LogP contribution in [0.15, 0.2) is 29.3 Å². The standard InChI is InChI=1S/C20H23ClFN3O4S/c1-13-11-25-18(19(10-23-25)30(27,28)15-4-6-29-7-5-15)12-24(13)20(26)9-14-2-3-17(22)16(21)8-14/h2-3,8,10,13,15H,4-7,9,11-12H2,1H3/t13-/m0/s1. The number of sulfone groups is 1. The zero-order chi connectivity index (χ0) is 21.5. The summed E-state index contributed by atoms with van der Waals surface area (Å²) in [4.78, 5) is 14.8. The second-order valence-electron chi connectivity index (χ2n) is 7.79. The number of halogens is 2. The average Bonchev–Trinajstić information content (AvgIpc) is 3.14. The molecule has 1 amide bonds. The molecule has 0 spiro atoms. The number of rotatable bonds is 4. The molecule has 2 aliphatic rings. The number of benzene rings is 1. The second kappa shape index (κ2) is 8.28. The molecule has 10 heteroatoms. The maximum Gasteiger partial charge on any atom is 0.227 e. The van der Waals surface area contributed by atoms with Gasteiger partial charge in [-0.2, -0.15) is 5.10 Å². The molecule has 0 N–H and O–H groups in total. The van der Waals surface area contributed by atoms with Gasteiger partial charge in [0.1, 0.15) is 10.7 Å². The number of nitrogens with zero attached hydrogens (tertiary/aromatic N) is 3. The molecule has 1 fully saturated rings. The van der Waals surface area contributed by atoms with Crippen molar-refractivity contribution in [3.63, 3.8) is 0 Å². The molecule has 30 heavy (non-hydrogen) atoms. The van der Waals surface area contributed by atoms with E-state index in [9.17, 15) is 17.6 Å². The molecular formula is C20H23ClFN3O4S. The summed E-state index contributed by atoms with van der Waals surface area (Å²) in [5.41, 5.74) is 1.14. The molecule has 3 heterocycles. The molecular weight excluding hydrogens is 433 g/mol. The van der Waals surface area contributed by atoms with Gasteiger partial charge >= 0.3 is 0 Å². The minimum atomic E-state index is -3.56. The lowest BCUT2D eigenvalue weighted by atomic mass is 10.1. The highest BCUT2D eigenvalue weighted by Crippen LogP contribution is 2.30. The van der Waals surface area contributed by atoms with Gasteiger partial charge in [-0.15, -0.1) is 0 Å². The first-order chi connectivity index (χ1) is 14.3. The van der Waals surface area contributed by atoms with Crippen molar-refractivity contribution in [1.82, 2.24) is 14.7 Å². The van der Waals surface area contributed by atoms with Gasteiger partial charge in [0.05, 0.1) is 41.7 Å². The topological polar surface area (TPSA) is 81.5 Å². The summed E-state index contributed by atoms with van der Waals surface area (Å²) in [7, 11) is -3.56. The molecule has 0 saturated carbocycles. The van der Waals surface area contributed by atoms with Gasteiger partial charge in [-0.1, -0.05) is 17.7 Å². The fourth-order valence-electron chi connectivity index (χ4n) is 4.04. The molecule has 0 aliphatic carbocycles. The van der Waals surface area contributed by atoms with Crippen molar-refractivity contribution in [2.45, 2.75) is 55.5 Å². The lowest BCUT2D eigenvalue weighted by Crippen LogP contribution is -2.46. The zero-order valence-electron chi connectivity index (χ0n) is 16.6. The van der Waals surface area contributed by atoms with Crippen molar-refractivity contribution in [1.29, 1.82) is 0 Å². The maximum atomic E-state index is 13.4. The van der Waals surface area contributed by atoms with Crippen LogP contribution in [0.25, 0.3) is 0 Å². The first kappa shape index (κ1) is 21.3. The molecule has 2 aromatic rings. The Morgan fingerprint density at radius 3 is 2.77 bits per heavy atom. The van der Waals surface area contributed by atoms with Crippen molar-refractivity contribution in [2.75, 3.05) is 13.2 Å². The minimum absolute atomic E-state index is 0.0325. The fraction of sp³-hybridized carbons (Fsp3) is 0.500. The largest absolute Gasteiger partial charge is 0.381 e. The van der Waals surface area contributed by atoms with Crippen LogP contribution in [0, 0.1) is 5.82 Å². The van der Waals surface area contributed by atoms with Crippen molar-refractivity contribution in [2.24, 2.45) is 0 Å². The molecule has 1 saturated heterocycles. The van der Waals surface area contributed by atoms with Crippen LogP contribution in [-0.2, 0) is 38.9 Å². The van der Waals surface area contributed by atoms with Crippen LogP contribution in [0.2, 0.25) is 5.02 Å². The van der Waals surface area contributed by atoms with Gasteiger partial charge < -0.3 is 9.64 Å². The molecule has 1 aromatic heterocycles. The molecule has 1 aromatic carbocycles. The van der Waals surface area contributed by atoms with Crippen molar-refractivity contribution in [3.05, 3.63) is 46.5 Å². The van der Waals surface area contributed by atoms with E-state index in [1.165, 1.54) is 24.4 Å². The number of hydrogen-bond donors (Lipinski definition) is 0. The van der Waals surface area contributed by atoms with Crippen LogP contribution in [0.3, 0.4) is 0 Å². The highest BCUT2D eigenvalue weighted by Gasteiger charge is 2.37. The lowest BCUT2D eigenvalue weighted by Gasteiger charge is -2.35. The molecule has 1 atom stereocenters. The monoisotopic (exact) mass is 455 g/mol. The summed E-state index contributed by atoms with van der Waals surface area (Å²) in [5.74, 6) is -0.710. The predicted molar refractivity (Wildman–Crippen MR) is 108 cm³/mol. The first-order valence-electron chi connectivity index (χ1n) is 9.87. The molecule has 7 nitrogen and oxygen atoms in total. The highest BCUT2D eigenvalue weighted by atomic mass is 35.5. The molecule has 2 aliphatic heterocycles. The smallest absolute Gasteiger partial charge is 0.227 e. The van der Waals surface area contributed by atoms with Crippen LogP contribution in [0.4, 0.5) is 4.39 Å². The number of aromatic nitrogens is 2. The Morgan fingerprint density at radius 1 is 1.33 bits per heavy atom. The number of carbonyl (C=O) groups is 1. The van der Waals surface area contributed by atoms with E-state index < -0.39 is 20.9 Å². The third-order valence-corrected chi connectivity index (χ3v) is 8.37. The summed E-state index contributed by atoms with van der Waals surface area (Å²) >= 11 is 5.82. The number of carbonyl (C=O) groups excluding carboxylic acids is 1. The van der Waals surface area contributed by atoms with E-state index in [0.717, 1.165) is 0 Å². The van der Waals surface area contributed by atoms with E-state index in [1.54, 1.807) is 9.58 Å². The van der Waals surface area contributed by atoms with Crippen molar-refractivity contribution < 1.29 is 22.3 Å². The molecule has 4 rings (SSSR count). The number of amides is 1. The van der Waals surface area contributed by atoms with Gasteiger partial charge in [-0.05, 0) is 37.5 Å². The van der Waals surface area contributed by atoms with Crippen LogP contribution >= 0.6 is 11.6 Å². The Hall–Kier alpha value is -1.97. The Bertz CT molecular complexity index is 1070. The van der Waals surface area contributed by atoms with E-state index in [1.807, 2.05) is 6.92 Å². The predicted octanol–water partition coefficient (Wildman–Crippen LogP) is 2.60. The summed E-state index contributed by atoms with van der Waals surface area (Å²) in [6, 6.07) is 4.05. The van der Waals surface area contributed by atoms with Crippen molar-refractivity contribution in [3.8, 4) is 0 Å². The lowest BCUT2D eigenvalue weighted by molar-refractivity contribution is -0.134. The number of ether oxygens (including phenoxy) is 1. The van der Waals surface area contributed by atoms with Gasteiger partial charge in [-0.25, -0.2) is 12.8 Å². The Kier molecular flexibility index (Phi) is 5.87. The Balaban J connectivity index is 1.57. The highest BCUT2D eigenvalue weighted by molar-refractivity contribution is 7.92. The van der Waals surface area contributed by atoms with E-state index in [2.05, 4.69) is 5.10 Å². The van der Waals surface area contributed by atoms with Gasteiger partial charge in [0.15, 0.2) is 9.84 Å². The van der Waals surface area contributed by atoms with Crippen LogP contribution in [0.1, 0.15) is 31.0 Å². The summed E-state index contributed by atoms with van der Waals surface area (Å²) in [6.07, 6.45) is 2.37. The zero-order valence-corrected chi connectivity index (χ0v) is 18.1. The van der Waals surface area contributed by atoms with Gasteiger partial charge in [0.25, 0.3) is 0 Å². The van der Waals surface area contributed by atoms with Crippen LogP contribution in [-0.4, -0.2) is 53.5 Å². The quantitative estimate of drug-likeness (QED) is 0.707. The third-order valence-electron chi connectivity index (χ3n) is 5.77. The van der Waals surface area contributed by atoms with Crippen LogP contribution in [0.5, 0.6) is 0 Å². The van der Waals surface area contributed by atoms with Gasteiger partial charge in [0, 0.05) is 19.3 Å². The number of hydrogen-bond acceptors (Lipinski definition) is 5.